The topological polar surface area (TPSA) is 66.5 Å². The van der Waals surface area contributed by atoms with E-state index in [2.05, 4.69) is 5.32 Å². The summed E-state index contributed by atoms with van der Waals surface area (Å²) in [6, 6.07) is 8.74. The van der Waals surface area contributed by atoms with Crippen molar-refractivity contribution in [3.05, 3.63) is 30.3 Å². The molecule has 3 rings (SSSR count). The van der Waals surface area contributed by atoms with Gasteiger partial charge in [-0.15, -0.1) is 0 Å². The molecule has 1 aromatic carbocycles. The van der Waals surface area contributed by atoms with E-state index in [1.807, 2.05) is 6.92 Å². The molecule has 0 aromatic heterocycles. The van der Waals surface area contributed by atoms with Crippen LogP contribution in [0.2, 0.25) is 0 Å². The van der Waals surface area contributed by atoms with Crippen LogP contribution in [0.25, 0.3) is 0 Å². The van der Waals surface area contributed by atoms with Crippen LogP contribution in [0.3, 0.4) is 0 Å². The van der Waals surface area contributed by atoms with Crippen LogP contribution in [-0.4, -0.2) is 37.8 Å². The molecule has 1 saturated heterocycles. The molecule has 1 heterocycles. The number of carbonyl (C=O) groups excluding carboxylic acids is 1. The Labute approximate surface area is 150 Å². The molecule has 1 saturated carbocycles. The number of hydrogen-bond acceptors (Lipinski definition) is 3. The second kappa shape index (κ2) is 7.46. The van der Waals surface area contributed by atoms with E-state index in [1.165, 1.54) is 10.7 Å². The van der Waals surface area contributed by atoms with Gasteiger partial charge in [0.05, 0.1) is 10.3 Å². The molecule has 2 fully saturated rings. The second-order valence-electron chi connectivity index (χ2n) is 7.62. The van der Waals surface area contributed by atoms with Crippen molar-refractivity contribution in [3.8, 4) is 0 Å². The lowest BCUT2D eigenvalue weighted by Gasteiger charge is -2.39. The van der Waals surface area contributed by atoms with Crippen molar-refractivity contribution in [3.63, 3.8) is 0 Å². The number of sulfonamides is 1. The van der Waals surface area contributed by atoms with Crippen LogP contribution in [0.15, 0.2) is 35.2 Å². The first-order valence-electron chi connectivity index (χ1n) is 9.28. The zero-order chi connectivity index (χ0) is 17.9. The van der Waals surface area contributed by atoms with Crippen LogP contribution in [0, 0.1) is 5.41 Å². The summed E-state index contributed by atoms with van der Waals surface area (Å²) in [5.74, 6) is 0.00682. The SMILES string of the molecule is CC1(C(=O)NC2CCCCC2)CCCN(S(=O)(=O)c2ccccc2)C1. The van der Waals surface area contributed by atoms with E-state index in [-0.39, 0.29) is 18.5 Å². The normalized spacial score (nSPS) is 26.3. The molecule has 1 aliphatic heterocycles. The lowest BCUT2D eigenvalue weighted by molar-refractivity contribution is -0.133. The molecule has 0 radical (unpaired) electrons. The van der Waals surface area contributed by atoms with Gasteiger partial charge in [-0.05, 0) is 44.7 Å². The standard InChI is InChI=1S/C19H28N2O3S/c1-19(18(22)20-16-9-4-2-5-10-16)13-8-14-21(15-19)25(23,24)17-11-6-3-7-12-17/h3,6-7,11-12,16H,2,4-5,8-10,13-15H2,1H3,(H,20,22). The van der Waals surface area contributed by atoms with E-state index in [0.717, 1.165) is 32.1 Å². The molecule has 1 aromatic rings. The van der Waals surface area contributed by atoms with Gasteiger partial charge in [-0.2, -0.15) is 4.31 Å². The zero-order valence-corrected chi connectivity index (χ0v) is 15.7. The number of benzene rings is 1. The Bertz CT molecular complexity index is 699. The van der Waals surface area contributed by atoms with Crippen LogP contribution < -0.4 is 5.32 Å². The average Bonchev–Trinajstić information content (AvgIpc) is 2.63. The third kappa shape index (κ3) is 4.06. The third-order valence-corrected chi connectivity index (χ3v) is 7.39. The Kier molecular flexibility index (Phi) is 5.49. The minimum Gasteiger partial charge on any atom is -0.353 e. The van der Waals surface area contributed by atoms with Crippen LogP contribution >= 0.6 is 0 Å². The fraction of sp³-hybridized carbons (Fsp3) is 0.632. The van der Waals surface area contributed by atoms with Gasteiger partial charge in [0.1, 0.15) is 0 Å². The monoisotopic (exact) mass is 364 g/mol. The maximum Gasteiger partial charge on any atom is 0.243 e. The Morgan fingerprint density at radius 3 is 2.48 bits per heavy atom. The highest BCUT2D eigenvalue weighted by Gasteiger charge is 2.42. The molecule has 1 unspecified atom stereocenters. The first-order chi connectivity index (χ1) is 11.9. The minimum absolute atomic E-state index is 0.00682. The summed E-state index contributed by atoms with van der Waals surface area (Å²) in [6.45, 7) is 2.63. The summed E-state index contributed by atoms with van der Waals surface area (Å²) in [4.78, 5) is 13.2. The van der Waals surface area contributed by atoms with Crippen LogP contribution in [0.5, 0.6) is 0 Å². The van der Waals surface area contributed by atoms with E-state index in [9.17, 15) is 13.2 Å². The van der Waals surface area contributed by atoms with Crippen molar-refractivity contribution in [1.82, 2.24) is 9.62 Å². The number of nitrogens with zero attached hydrogens (tertiary/aromatic N) is 1. The summed E-state index contributed by atoms with van der Waals surface area (Å²) in [5, 5.41) is 3.18. The summed E-state index contributed by atoms with van der Waals surface area (Å²) in [5.41, 5.74) is -0.655. The number of carbonyl (C=O) groups is 1. The van der Waals surface area contributed by atoms with Gasteiger partial charge < -0.3 is 5.32 Å². The van der Waals surface area contributed by atoms with Crippen molar-refractivity contribution in [2.24, 2.45) is 5.41 Å². The Hall–Kier alpha value is -1.40. The molecule has 5 nitrogen and oxygen atoms in total. The van der Waals surface area contributed by atoms with Crippen molar-refractivity contribution >= 4 is 15.9 Å². The molecule has 1 atom stereocenters. The number of piperidine rings is 1. The summed E-state index contributed by atoms with van der Waals surface area (Å²) in [7, 11) is -3.55. The molecular weight excluding hydrogens is 336 g/mol. The van der Waals surface area contributed by atoms with Crippen molar-refractivity contribution < 1.29 is 13.2 Å². The van der Waals surface area contributed by atoms with Gasteiger partial charge in [0.25, 0.3) is 0 Å². The molecule has 0 bridgehead atoms. The van der Waals surface area contributed by atoms with Crippen molar-refractivity contribution in [2.75, 3.05) is 13.1 Å². The first-order valence-corrected chi connectivity index (χ1v) is 10.7. The van der Waals surface area contributed by atoms with Crippen LogP contribution in [0.1, 0.15) is 51.9 Å². The largest absolute Gasteiger partial charge is 0.353 e. The maximum atomic E-state index is 12.9. The van der Waals surface area contributed by atoms with Gasteiger partial charge in [0.2, 0.25) is 15.9 Å². The van der Waals surface area contributed by atoms with E-state index in [0.29, 0.717) is 17.9 Å². The highest BCUT2D eigenvalue weighted by molar-refractivity contribution is 7.89. The lowest BCUT2D eigenvalue weighted by Crippen LogP contribution is -2.53. The van der Waals surface area contributed by atoms with Crippen LogP contribution in [0.4, 0.5) is 0 Å². The molecule has 0 spiro atoms. The highest BCUT2D eigenvalue weighted by atomic mass is 32.2. The van der Waals surface area contributed by atoms with Gasteiger partial charge >= 0.3 is 0 Å². The quantitative estimate of drug-likeness (QED) is 0.893. The molecular formula is C19H28N2O3S. The molecule has 1 amide bonds. The predicted molar refractivity (Wildman–Crippen MR) is 97.6 cm³/mol. The van der Waals surface area contributed by atoms with Gasteiger partial charge in [0.15, 0.2) is 0 Å². The Morgan fingerprint density at radius 1 is 1.12 bits per heavy atom. The summed E-state index contributed by atoms with van der Waals surface area (Å²) < 4.78 is 27.2. The second-order valence-corrected chi connectivity index (χ2v) is 9.56. The third-order valence-electron chi connectivity index (χ3n) is 5.53. The number of rotatable bonds is 4. The van der Waals surface area contributed by atoms with Gasteiger partial charge in [0, 0.05) is 19.1 Å². The minimum atomic E-state index is -3.55. The van der Waals surface area contributed by atoms with E-state index in [1.54, 1.807) is 30.3 Å². The number of hydrogen-bond donors (Lipinski definition) is 1. The van der Waals surface area contributed by atoms with Gasteiger partial charge in [-0.3, -0.25) is 4.79 Å². The van der Waals surface area contributed by atoms with Crippen molar-refractivity contribution in [1.29, 1.82) is 0 Å². The van der Waals surface area contributed by atoms with Crippen molar-refractivity contribution in [2.45, 2.75) is 62.8 Å². The molecule has 6 heteroatoms. The van der Waals surface area contributed by atoms with E-state index < -0.39 is 15.4 Å². The maximum absolute atomic E-state index is 12.9. The summed E-state index contributed by atoms with van der Waals surface area (Å²) in [6.07, 6.45) is 7.08. The molecule has 25 heavy (non-hydrogen) atoms. The number of amides is 1. The summed E-state index contributed by atoms with van der Waals surface area (Å²) >= 11 is 0. The van der Waals surface area contributed by atoms with Gasteiger partial charge in [-0.1, -0.05) is 37.5 Å². The fourth-order valence-electron chi connectivity index (χ4n) is 3.93. The Balaban J connectivity index is 1.72. The van der Waals surface area contributed by atoms with Crippen LogP contribution in [-0.2, 0) is 14.8 Å². The average molecular weight is 365 g/mol. The molecule has 1 aliphatic carbocycles. The fourth-order valence-corrected chi connectivity index (χ4v) is 5.56. The van der Waals surface area contributed by atoms with E-state index >= 15 is 0 Å². The first kappa shape index (κ1) is 18.4. The molecule has 1 N–H and O–H groups in total. The Morgan fingerprint density at radius 2 is 1.80 bits per heavy atom. The lowest BCUT2D eigenvalue weighted by atomic mass is 9.81. The molecule has 2 aliphatic rings. The zero-order valence-electron chi connectivity index (χ0n) is 14.9. The molecule has 138 valence electrons. The van der Waals surface area contributed by atoms with Gasteiger partial charge in [-0.25, -0.2) is 8.42 Å². The predicted octanol–water partition coefficient (Wildman–Crippen LogP) is 2.93. The van der Waals surface area contributed by atoms with E-state index in [4.69, 9.17) is 0 Å². The smallest absolute Gasteiger partial charge is 0.243 e. The highest BCUT2D eigenvalue weighted by Crippen LogP contribution is 2.33. The number of nitrogens with one attached hydrogen (secondary N) is 1.